The van der Waals surface area contributed by atoms with E-state index in [-0.39, 0.29) is 11.5 Å². The fraction of sp³-hybridized carbons (Fsp3) is 0.360. The first kappa shape index (κ1) is 25.9. The molecular formula is C25H31N3O5. The third kappa shape index (κ3) is 8.25. The van der Waals surface area contributed by atoms with Crippen LogP contribution in [-0.4, -0.2) is 53.2 Å². The van der Waals surface area contributed by atoms with Gasteiger partial charge >= 0.3 is 0 Å². The maximum absolute atomic E-state index is 12.7. The summed E-state index contributed by atoms with van der Waals surface area (Å²) in [5.41, 5.74) is 7.10. The molecule has 0 aromatic heterocycles. The van der Waals surface area contributed by atoms with Crippen molar-refractivity contribution in [2.75, 3.05) is 6.54 Å². The second-order valence-electron chi connectivity index (χ2n) is 8.30. The number of hydrogen-bond acceptors (Lipinski definition) is 6. The number of ketones is 2. The Morgan fingerprint density at radius 3 is 2.06 bits per heavy atom. The maximum atomic E-state index is 12.7. The third-order valence-electron chi connectivity index (χ3n) is 5.02. The van der Waals surface area contributed by atoms with Crippen molar-refractivity contribution < 1.29 is 24.3 Å². The summed E-state index contributed by atoms with van der Waals surface area (Å²) in [5.74, 6) is -2.57. The largest absolute Gasteiger partial charge is 0.377 e. The number of rotatable bonds is 12. The smallest absolute Gasteiger partial charge is 0.242 e. The zero-order chi connectivity index (χ0) is 24.4. The predicted octanol–water partition coefficient (Wildman–Crippen LogP) is 1.02. The lowest BCUT2D eigenvalue weighted by Crippen LogP contribution is -2.53. The average Bonchev–Trinajstić information content (AvgIpc) is 2.81. The number of carbonyl (C=O) groups is 4. The lowest BCUT2D eigenvalue weighted by molar-refractivity contribution is -0.131. The van der Waals surface area contributed by atoms with E-state index in [1.165, 1.54) is 12.1 Å². The molecule has 0 heterocycles. The molecule has 0 bridgehead atoms. The number of aliphatic hydroxyl groups is 1. The Bertz CT molecular complexity index is 947. The van der Waals surface area contributed by atoms with Gasteiger partial charge in [0, 0.05) is 5.56 Å². The first-order valence-electron chi connectivity index (χ1n) is 10.9. The summed E-state index contributed by atoms with van der Waals surface area (Å²) in [7, 11) is 0. The van der Waals surface area contributed by atoms with Crippen molar-refractivity contribution in [3.63, 3.8) is 0 Å². The maximum Gasteiger partial charge on any atom is 0.242 e. The molecule has 0 fully saturated rings. The van der Waals surface area contributed by atoms with Gasteiger partial charge in [0.25, 0.3) is 0 Å². The van der Waals surface area contributed by atoms with Crippen molar-refractivity contribution in [1.82, 2.24) is 10.6 Å². The number of nitrogens with two attached hydrogens (primary N) is 1. The summed E-state index contributed by atoms with van der Waals surface area (Å²) in [4.78, 5) is 49.7. The summed E-state index contributed by atoms with van der Waals surface area (Å²) >= 11 is 0. The van der Waals surface area contributed by atoms with Crippen LogP contribution in [0, 0.1) is 5.92 Å². The van der Waals surface area contributed by atoms with Gasteiger partial charge in [-0.15, -0.1) is 0 Å². The van der Waals surface area contributed by atoms with Gasteiger partial charge in [-0.05, 0) is 24.3 Å². The van der Waals surface area contributed by atoms with Gasteiger partial charge in [0.15, 0.2) is 17.7 Å². The second kappa shape index (κ2) is 12.6. The van der Waals surface area contributed by atoms with Gasteiger partial charge in [-0.3, -0.25) is 19.2 Å². The zero-order valence-corrected chi connectivity index (χ0v) is 18.9. The van der Waals surface area contributed by atoms with Crippen LogP contribution in [0.15, 0.2) is 60.7 Å². The Hall–Kier alpha value is -3.36. The van der Waals surface area contributed by atoms with Crippen molar-refractivity contribution in [2.24, 2.45) is 11.7 Å². The lowest BCUT2D eigenvalue weighted by Gasteiger charge is -2.22. The highest BCUT2D eigenvalue weighted by atomic mass is 16.3. The molecule has 0 aliphatic heterocycles. The van der Waals surface area contributed by atoms with Crippen molar-refractivity contribution in [3.05, 3.63) is 71.8 Å². The number of hydrogen-bond donors (Lipinski definition) is 4. The average molecular weight is 454 g/mol. The Kier molecular flexibility index (Phi) is 9.90. The molecule has 3 atom stereocenters. The molecule has 8 nitrogen and oxygen atoms in total. The van der Waals surface area contributed by atoms with Crippen LogP contribution in [0.25, 0.3) is 0 Å². The van der Waals surface area contributed by atoms with Gasteiger partial charge in [0.2, 0.25) is 11.8 Å². The van der Waals surface area contributed by atoms with E-state index in [0.717, 1.165) is 5.56 Å². The van der Waals surface area contributed by atoms with Crippen LogP contribution in [0.2, 0.25) is 0 Å². The minimum absolute atomic E-state index is 0.0762. The minimum Gasteiger partial charge on any atom is -0.377 e. The Labute approximate surface area is 193 Å². The van der Waals surface area contributed by atoms with Crippen LogP contribution in [0.4, 0.5) is 0 Å². The molecule has 176 valence electrons. The number of benzene rings is 2. The Morgan fingerprint density at radius 1 is 0.909 bits per heavy atom. The molecule has 0 spiro atoms. The van der Waals surface area contributed by atoms with Gasteiger partial charge < -0.3 is 21.5 Å². The molecule has 1 unspecified atom stereocenters. The molecule has 0 aliphatic rings. The van der Waals surface area contributed by atoms with Crippen molar-refractivity contribution in [1.29, 1.82) is 0 Å². The molecule has 0 radical (unpaired) electrons. The fourth-order valence-electron chi connectivity index (χ4n) is 3.24. The van der Waals surface area contributed by atoms with E-state index >= 15 is 0 Å². The second-order valence-corrected chi connectivity index (χ2v) is 8.30. The van der Waals surface area contributed by atoms with Crippen molar-refractivity contribution in [3.8, 4) is 0 Å². The number of carbonyl (C=O) groups excluding carboxylic acids is 4. The van der Waals surface area contributed by atoms with Gasteiger partial charge in [-0.1, -0.05) is 74.5 Å². The third-order valence-corrected chi connectivity index (χ3v) is 5.02. The first-order valence-corrected chi connectivity index (χ1v) is 10.9. The summed E-state index contributed by atoms with van der Waals surface area (Å²) in [5, 5.41) is 15.1. The minimum atomic E-state index is -1.88. The Balaban J connectivity index is 1.94. The highest BCUT2D eigenvalue weighted by molar-refractivity contribution is 6.14. The van der Waals surface area contributed by atoms with Crippen LogP contribution in [-0.2, 0) is 20.8 Å². The molecule has 0 saturated carbocycles. The summed E-state index contributed by atoms with van der Waals surface area (Å²) < 4.78 is 0. The fourth-order valence-corrected chi connectivity index (χ4v) is 3.24. The molecular weight excluding hydrogens is 422 g/mol. The molecule has 2 amide bonds. The molecule has 5 N–H and O–H groups in total. The number of Topliss-reactive ketones (excluding diaryl/α,β-unsaturated/α-hetero) is 2. The standard InChI is InChI=1S/C25H31N3O5/c1-16(2)13-20(28-24(32)19(26)14-17-9-5-3-6-10-17)25(33)27-15-21(29)23(31)22(30)18-11-7-4-8-12-18/h3-12,16,19-20,23,31H,13-15,26H2,1-2H3,(H,27,33)(H,28,32)/t19-,20-,23?/m0/s1. The van der Waals surface area contributed by atoms with E-state index in [2.05, 4.69) is 10.6 Å². The van der Waals surface area contributed by atoms with Crippen LogP contribution in [0.1, 0.15) is 36.2 Å². The molecule has 2 aromatic rings. The van der Waals surface area contributed by atoms with E-state index in [0.29, 0.717) is 12.8 Å². The van der Waals surface area contributed by atoms with E-state index in [9.17, 15) is 24.3 Å². The van der Waals surface area contributed by atoms with Gasteiger partial charge in [0.1, 0.15) is 6.04 Å². The molecule has 33 heavy (non-hydrogen) atoms. The summed E-state index contributed by atoms with van der Waals surface area (Å²) in [6.07, 6.45) is -1.24. The molecule has 8 heteroatoms. The van der Waals surface area contributed by atoms with E-state index in [1.54, 1.807) is 18.2 Å². The van der Waals surface area contributed by atoms with Crippen LogP contribution in [0.5, 0.6) is 0 Å². The molecule has 0 saturated heterocycles. The highest BCUT2D eigenvalue weighted by Crippen LogP contribution is 2.08. The monoisotopic (exact) mass is 453 g/mol. The van der Waals surface area contributed by atoms with Crippen molar-refractivity contribution >= 4 is 23.4 Å². The predicted molar refractivity (Wildman–Crippen MR) is 124 cm³/mol. The van der Waals surface area contributed by atoms with E-state index < -0.39 is 48.1 Å². The molecule has 2 aromatic carbocycles. The van der Waals surface area contributed by atoms with E-state index in [1.807, 2.05) is 44.2 Å². The topological polar surface area (TPSA) is 139 Å². The van der Waals surface area contributed by atoms with Crippen LogP contribution < -0.4 is 16.4 Å². The van der Waals surface area contributed by atoms with E-state index in [4.69, 9.17) is 5.73 Å². The van der Waals surface area contributed by atoms with Crippen molar-refractivity contribution in [2.45, 2.75) is 44.9 Å². The number of amides is 2. The molecule has 2 rings (SSSR count). The quantitative estimate of drug-likeness (QED) is 0.280. The summed E-state index contributed by atoms with van der Waals surface area (Å²) in [6, 6.07) is 15.5. The normalized spacial score (nSPS) is 13.6. The highest BCUT2D eigenvalue weighted by Gasteiger charge is 2.28. The van der Waals surface area contributed by atoms with Gasteiger partial charge in [-0.2, -0.15) is 0 Å². The van der Waals surface area contributed by atoms with Gasteiger partial charge in [-0.25, -0.2) is 0 Å². The number of aliphatic hydroxyl groups excluding tert-OH is 1. The first-order chi connectivity index (χ1) is 15.7. The summed E-state index contributed by atoms with van der Waals surface area (Å²) in [6.45, 7) is 3.24. The van der Waals surface area contributed by atoms with Gasteiger partial charge in [0.05, 0.1) is 12.6 Å². The number of nitrogens with one attached hydrogen (secondary N) is 2. The Morgan fingerprint density at radius 2 is 1.48 bits per heavy atom. The SMILES string of the molecule is CC(C)C[C@H](NC(=O)[C@@H](N)Cc1ccccc1)C(=O)NCC(=O)C(O)C(=O)c1ccccc1. The lowest BCUT2D eigenvalue weighted by atomic mass is 10.0. The van der Waals surface area contributed by atoms with Crippen LogP contribution in [0.3, 0.4) is 0 Å². The zero-order valence-electron chi connectivity index (χ0n) is 18.9. The molecule has 0 aliphatic carbocycles. The van der Waals surface area contributed by atoms with Crippen LogP contribution >= 0.6 is 0 Å².